The van der Waals surface area contributed by atoms with Crippen molar-refractivity contribution in [3.8, 4) is 0 Å². The normalized spacial score (nSPS) is 51.3. The molecule has 9 heavy (non-hydrogen) atoms. The van der Waals surface area contributed by atoms with Crippen molar-refractivity contribution in [2.24, 2.45) is 11.3 Å². The van der Waals surface area contributed by atoms with Crippen molar-refractivity contribution in [1.29, 1.82) is 0 Å². The SMILES string of the molecule is O=C1C2=CC3CCC12C3. The van der Waals surface area contributed by atoms with E-state index in [1.807, 2.05) is 0 Å². The van der Waals surface area contributed by atoms with Crippen molar-refractivity contribution in [2.75, 3.05) is 0 Å². The second-order valence-electron chi connectivity index (χ2n) is 3.49. The molecule has 1 nitrogen and oxygen atoms in total. The van der Waals surface area contributed by atoms with Crippen LogP contribution >= 0.6 is 0 Å². The summed E-state index contributed by atoms with van der Waals surface area (Å²) < 4.78 is 0. The van der Waals surface area contributed by atoms with Crippen LogP contribution in [-0.2, 0) is 4.79 Å². The second-order valence-corrected chi connectivity index (χ2v) is 3.49. The lowest BCUT2D eigenvalue weighted by Gasteiger charge is -1.94. The van der Waals surface area contributed by atoms with E-state index in [0.717, 1.165) is 5.92 Å². The van der Waals surface area contributed by atoms with E-state index >= 15 is 0 Å². The van der Waals surface area contributed by atoms with Crippen LogP contribution in [0.1, 0.15) is 19.3 Å². The van der Waals surface area contributed by atoms with Crippen molar-refractivity contribution in [2.45, 2.75) is 19.3 Å². The Kier molecular flexibility index (Phi) is 0.425. The number of rotatable bonds is 0. The Morgan fingerprint density at radius 2 is 2.56 bits per heavy atom. The first kappa shape index (κ1) is 4.26. The molecular weight excluding hydrogens is 112 g/mol. The average molecular weight is 120 g/mol. The third kappa shape index (κ3) is 0.269. The topological polar surface area (TPSA) is 17.1 Å². The van der Waals surface area contributed by atoms with Crippen LogP contribution in [-0.4, -0.2) is 5.78 Å². The van der Waals surface area contributed by atoms with E-state index in [-0.39, 0.29) is 5.41 Å². The van der Waals surface area contributed by atoms with Crippen molar-refractivity contribution in [3.05, 3.63) is 11.6 Å². The highest BCUT2D eigenvalue weighted by atomic mass is 16.1. The van der Waals surface area contributed by atoms with Gasteiger partial charge in [-0.05, 0) is 25.2 Å². The molecule has 0 heterocycles. The van der Waals surface area contributed by atoms with Crippen LogP contribution in [0.4, 0.5) is 0 Å². The van der Waals surface area contributed by atoms with E-state index in [1.54, 1.807) is 0 Å². The summed E-state index contributed by atoms with van der Waals surface area (Å²) in [6.45, 7) is 0. The van der Waals surface area contributed by atoms with E-state index < -0.39 is 0 Å². The molecule has 0 aromatic heterocycles. The smallest absolute Gasteiger partial charge is 0.170 e. The van der Waals surface area contributed by atoms with Gasteiger partial charge in [0, 0.05) is 5.57 Å². The lowest BCUT2D eigenvalue weighted by Crippen LogP contribution is -1.94. The summed E-state index contributed by atoms with van der Waals surface area (Å²) in [4.78, 5) is 11.0. The molecule has 0 aromatic rings. The fraction of sp³-hybridized carbons (Fsp3) is 0.625. The maximum atomic E-state index is 11.0. The molecule has 3 aliphatic carbocycles. The van der Waals surface area contributed by atoms with Crippen molar-refractivity contribution >= 4 is 5.78 Å². The van der Waals surface area contributed by atoms with Crippen LogP contribution in [0.15, 0.2) is 11.6 Å². The van der Waals surface area contributed by atoms with E-state index in [4.69, 9.17) is 0 Å². The van der Waals surface area contributed by atoms with Crippen molar-refractivity contribution in [1.82, 2.24) is 0 Å². The monoisotopic (exact) mass is 120 g/mol. The van der Waals surface area contributed by atoms with Gasteiger partial charge in [-0.15, -0.1) is 0 Å². The first-order valence-corrected chi connectivity index (χ1v) is 3.60. The van der Waals surface area contributed by atoms with Gasteiger partial charge in [0.05, 0.1) is 5.41 Å². The van der Waals surface area contributed by atoms with Gasteiger partial charge in [-0.1, -0.05) is 6.08 Å². The standard InChI is InChI=1S/C8H8O/c9-7-6-3-5-1-2-8(6,7)4-5/h3,5H,1-2,4H2. The molecule has 0 saturated heterocycles. The highest BCUT2D eigenvalue weighted by Crippen LogP contribution is 2.66. The lowest BCUT2D eigenvalue weighted by molar-refractivity contribution is -0.112. The first-order chi connectivity index (χ1) is 4.33. The molecule has 1 spiro atoms. The fourth-order valence-electron chi connectivity index (χ4n) is 2.50. The molecule has 46 valence electrons. The van der Waals surface area contributed by atoms with E-state index in [1.165, 1.54) is 24.8 Å². The van der Waals surface area contributed by atoms with Gasteiger partial charge in [0.1, 0.15) is 0 Å². The summed E-state index contributed by atoms with van der Waals surface area (Å²) >= 11 is 0. The molecule has 0 aromatic carbocycles. The fourth-order valence-corrected chi connectivity index (χ4v) is 2.50. The Morgan fingerprint density at radius 3 is 3.00 bits per heavy atom. The summed E-state index contributed by atoms with van der Waals surface area (Å²) in [5.74, 6) is 1.26. The molecule has 0 aliphatic heterocycles. The van der Waals surface area contributed by atoms with Gasteiger partial charge >= 0.3 is 0 Å². The van der Waals surface area contributed by atoms with Crippen LogP contribution in [0.5, 0.6) is 0 Å². The molecule has 3 rings (SSSR count). The van der Waals surface area contributed by atoms with Gasteiger partial charge < -0.3 is 0 Å². The van der Waals surface area contributed by atoms with Gasteiger partial charge in [0.15, 0.2) is 5.78 Å². The second kappa shape index (κ2) is 0.898. The molecule has 2 saturated carbocycles. The molecule has 3 aliphatic rings. The number of allylic oxidation sites excluding steroid dienone is 2. The number of ketones is 1. The minimum Gasteiger partial charge on any atom is -0.294 e. The molecule has 2 fully saturated rings. The van der Waals surface area contributed by atoms with Gasteiger partial charge in [0.25, 0.3) is 0 Å². The largest absolute Gasteiger partial charge is 0.294 e. The molecule has 2 bridgehead atoms. The molecule has 1 heteroatoms. The van der Waals surface area contributed by atoms with Crippen LogP contribution in [0, 0.1) is 11.3 Å². The Labute approximate surface area is 53.7 Å². The maximum absolute atomic E-state index is 11.0. The number of hydrogen-bond donors (Lipinski definition) is 0. The van der Waals surface area contributed by atoms with Crippen LogP contribution in [0.3, 0.4) is 0 Å². The molecular formula is C8H8O. The maximum Gasteiger partial charge on any atom is 0.170 e. The number of fused-ring (bicyclic) bond motifs is 1. The summed E-state index contributed by atoms with van der Waals surface area (Å²) in [7, 11) is 0. The minimum absolute atomic E-state index is 0.157. The Balaban J connectivity index is 2.26. The minimum atomic E-state index is 0.157. The Hall–Kier alpha value is -0.590. The van der Waals surface area contributed by atoms with Gasteiger partial charge in [-0.25, -0.2) is 0 Å². The number of Topliss-reactive ketones (excluding diaryl/α,β-unsaturated/α-hetero) is 1. The Morgan fingerprint density at radius 1 is 1.67 bits per heavy atom. The number of hydrogen-bond acceptors (Lipinski definition) is 1. The molecule has 0 amide bonds. The summed E-state index contributed by atoms with van der Waals surface area (Å²) in [6.07, 6.45) is 5.81. The molecule has 0 radical (unpaired) electrons. The zero-order valence-electron chi connectivity index (χ0n) is 5.18. The number of carbonyl (C=O) groups is 1. The van der Waals surface area contributed by atoms with E-state index in [9.17, 15) is 4.79 Å². The third-order valence-corrected chi connectivity index (χ3v) is 3.09. The average Bonchev–Trinajstić information content (AvgIpc) is 2.39. The van der Waals surface area contributed by atoms with E-state index in [0.29, 0.717) is 5.78 Å². The van der Waals surface area contributed by atoms with Crippen LogP contribution in [0.2, 0.25) is 0 Å². The van der Waals surface area contributed by atoms with E-state index in [2.05, 4.69) is 6.08 Å². The van der Waals surface area contributed by atoms with Gasteiger partial charge in [-0.2, -0.15) is 0 Å². The zero-order valence-corrected chi connectivity index (χ0v) is 5.18. The van der Waals surface area contributed by atoms with Crippen molar-refractivity contribution < 1.29 is 4.79 Å². The summed E-state index contributed by atoms with van der Waals surface area (Å²) in [5, 5.41) is 0. The summed E-state index contributed by atoms with van der Waals surface area (Å²) in [6, 6.07) is 0. The first-order valence-electron chi connectivity index (χ1n) is 3.60. The predicted octanol–water partition coefficient (Wildman–Crippen LogP) is 1.30. The number of carbonyl (C=O) groups excluding carboxylic acids is 1. The van der Waals surface area contributed by atoms with Crippen LogP contribution in [0.25, 0.3) is 0 Å². The quantitative estimate of drug-likeness (QED) is 0.471. The molecule has 2 atom stereocenters. The van der Waals surface area contributed by atoms with Crippen LogP contribution < -0.4 is 0 Å². The predicted molar refractivity (Wildman–Crippen MR) is 32.9 cm³/mol. The zero-order chi connectivity index (χ0) is 6.06. The Bertz CT molecular complexity index is 239. The summed E-state index contributed by atoms with van der Waals surface area (Å²) in [5.41, 5.74) is 1.34. The molecule has 2 unspecified atom stereocenters. The van der Waals surface area contributed by atoms with Gasteiger partial charge in [-0.3, -0.25) is 4.79 Å². The van der Waals surface area contributed by atoms with Gasteiger partial charge in [0.2, 0.25) is 0 Å². The molecule has 0 N–H and O–H groups in total. The van der Waals surface area contributed by atoms with Crippen molar-refractivity contribution in [3.63, 3.8) is 0 Å². The highest BCUT2D eigenvalue weighted by molar-refractivity contribution is 6.22. The highest BCUT2D eigenvalue weighted by Gasteiger charge is 2.66. The third-order valence-electron chi connectivity index (χ3n) is 3.09. The lowest BCUT2D eigenvalue weighted by atomic mass is 10.1.